The summed E-state index contributed by atoms with van der Waals surface area (Å²) >= 11 is 0. The lowest BCUT2D eigenvalue weighted by molar-refractivity contribution is -0.142. The van der Waals surface area contributed by atoms with Crippen molar-refractivity contribution in [1.82, 2.24) is 4.90 Å². The van der Waals surface area contributed by atoms with Gasteiger partial charge in [0.25, 0.3) is 0 Å². The Morgan fingerprint density at radius 1 is 1.38 bits per heavy atom. The van der Waals surface area contributed by atoms with Gasteiger partial charge in [0.2, 0.25) is 5.91 Å². The summed E-state index contributed by atoms with van der Waals surface area (Å²) in [5.41, 5.74) is -0.106. The maximum absolute atomic E-state index is 12.5. The number of nitrogens with zero attached hydrogens (tertiary/aromatic N) is 2. The molecule has 0 unspecified atom stereocenters. The summed E-state index contributed by atoms with van der Waals surface area (Å²) in [5.74, 6) is 0.283. The van der Waals surface area contributed by atoms with E-state index in [1.165, 1.54) is 12.8 Å². The van der Waals surface area contributed by atoms with Crippen LogP contribution in [0.4, 0.5) is 0 Å². The quantitative estimate of drug-likeness (QED) is 0.718. The first-order chi connectivity index (χ1) is 7.70. The van der Waals surface area contributed by atoms with E-state index in [1.54, 1.807) is 0 Å². The molecule has 16 heavy (non-hydrogen) atoms. The van der Waals surface area contributed by atoms with Gasteiger partial charge >= 0.3 is 0 Å². The summed E-state index contributed by atoms with van der Waals surface area (Å²) in [6, 6.07) is 2.11. The summed E-state index contributed by atoms with van der Waals surface area (Å²) in [6.45, 7) is 5.42. The molecular weight excluding hydrogens is 200 g/mol. The van der Waals surface area contributed by atoms with Gasteiger partial charge < -0.3 is 4.90 Å². The van der Waals surface area contributed by atoms with Crippen LogP contribution >= 0.6 is 0 Å². The van der Waals surface area contributed by atoms with Crippen molar-refractivity contribution >= 4 is 5.91 Å². The average molecular weight is 222 g/mol. The molecule has 1 aliphatic carbocycles. The van der Waals surface area contributed by atoms with Crippen LogP contribution in [0.5, 0.6) is 0 Å². The SMILES string of the molecule is CCN(CCC#N)C(=O)C1(CC)CCCC1. The van der Waals surface area contributed by atoms with Crippen LogP contribution < -0.4 is 0 Å². The topological polar surface area (TPSA) is 44.1 Å². The van der Waals surface area contributed by atoms with Crippen LogP contribution in [0.3, 0.4) is 0 Å². The molecule has 0 aromatic rings. The first kappa shape index (κ1) is 13.0. The Morgan fingerprint density at radius 3 is 2.44 bits per heavy atom. The zero-order chi connectivity index (χ0) is 12.0. The van der Waals surface area contributed by atoms with Crippen LogP contribution in [0.15, 0.2) is 0 Å². The van der Waals surface area contributed by atoms with E-state index in [2.05, 4.69) is 13.0 Å². The minimum absolute atomic E-state index is 0.106. The minimum Gasteiger partial charge on any atom is -0.341 e. The highest BCUT2D eigenvalue weighted by molar-refractivity contribution is 5.83. The van der Waals surface area contributed by atoms with Crippen LogP contribution in [-0.4, -0.2) is 23.9 Å². The van der Waals surface area contributed by atoms with Gasteiger partial charge in [0.05, 0.1) is 12.5 Å². The summed E-state index contributed by atoms with van der Waals surface area (Å²) < 4.78 is 0. The molecule has 0 spiro atoms. The molecule has 1 amide bonds. The predicted octanol–water partition coefficient (Wildman–Crippen LogP) is 2.72. The van der Waals surface area contributed by atoms with E-state index in [0.29, 0.717) is 13.0 Å². The summed E-state index contributed by atoms with van der Waals surface area (Å²) in [7, 11) is 0. The summed E-state index contributed by atoms with van der Waals surface area (Å²) in [5, 5.41) is 8.59. The van der Waals surface area contributed by atoms with Crippen molar-refractivity contribution in [2.75, 3.05) is 13.1 Å². The zero-order valence-corrected chi connectivity index (χ0v) is 10.5. The van der Waals surface area contributed by atoms with Gasteiger partial charge in [-0.1, -0.05) is 19.8 Å². The molecule has 0 radical (unpaired) electrons. The second-order valence-electron chi connectivity index (χ2n) is 4.63. The number of carbonyl (C=O) groups is 1. The van der Waals surface area contributed by atoms with Crippen molar-refractivity contribution in [3.05, 3.63) is 0 Å². The Labute approximate surface area is 98.4 Å². The van der Waals surface area contributed by atoms with Gasteiger partial charge in [0.1, 0.15) is 0 Å². The highest BCUT2D eigenvalue weighted by atomic mass is 16.2. The second kappa shape index (κ2) is 5.89. The van der Waals surface area contributed by atoms with Gasteiger partial charge in [-0.05, 0) is 26.2 Å². The molecule has 1 fully saturated rings. The normalized spacial score (nSPS) is 18.1. The van der Waals surface area contributed by atoms with Gasteiger partial charge in [-0.2, -0.15) is 5.26 Å². The lowest BCUT2D eigenvalue weighted by atomic mass is 9.82. The van der Waals surface area contributed by atoms with Crippen molar-refractivity contribution < 1.29 is 4.79 Å². The van der Waals surface area contributed by atoms with E-state index in [4.69, 9.17) is 5.26 Å². The molecule has 0 heterocycles. The first-order valence-electron chi connectivity index (χ1n) is 6.36. The molecule has 90 valence electrons. The molecule has 1 rings (SSSR count). The highest BCUT2D eigenvalue weighted by Gasteiger charge is 2.41. The van der Waals surface area contributed by atoms with Crippen LogP contribution in [0.25, 0.3) is 0 Å². The highest BCUT2D eigenvalue weighted by Crippen LogP contribution is 2.42. The number of nitriles is 1. The molecule has 1 aliphatic rings. The van der Waals surface area contributed by atoms with E-state index in [-0.39, 0.29) is 11.3 Å². The molecule has 1 saturated carbocycles. The largest absolute Gasteiger partial charge is 0.341 e. The standard InChI is InChI=1S/C13H22N2O/c1-3-13(8-5-6-9-13)12(16)15(4-2)11-7-10-14/h3-9,11H2,1-2H3. The molecule has 0 aliphatic heterocycles. The number of hydrogen-bond donors (Lipinski definition) is 0. The fourth-order valence-electron chi connectivity index (χ4n) is 2.69. The predicted molar refractivity (Wildman–Crippen MR) is 63.7 cm³/mol. The van der Waals surface area contributed by atoms with E-state index < -0.39 is 0 Å². The van der Waals surface area contributed by atoms with Gasteiger partial charge in [0.15, 0.2) is 0 Å². The second-order valence-corrected chi connectivity index (χ2v) is 4.63. The van der Waals surface area contributed by atoms with Crippen LogP contribution in [0.2, 0.25) is 0 Å². The third-order valence-corrected chi connectivity index (χ3v) is 3.85. The van der Waals surface area contributed by atoms with Crippen LogP contribution in [0.1, 0.15) is 52.4 Å². The molecule has 0 saturated heterocycles. The first-order valence-corrected chi connectivity index (χ1v) is 6.36. The number of carbonyl (C=O) groups excluding carboxylic acids is 1. The van der Waals surface area contributed by atoms with Crippen LogP contribution in [-0.2, 0) is 4.79 Å². The third-order valence-electron chi connectivity index (χ3n) is 3.85. The fraction of sp³-hybridized carbons (Fsp3) is 0.846. The van der Waals surface area contributed by atoms with Gasteiger partial charge in [0, 0.05) is 18.5 Å². The molecule has 0 N–H and O–H groups in total. The summed E-state index contributed by atoms with van der Waals surface area (Å²) in [4.78, 5) is 14.3. The minimum atomic E-state index is -0.106. The van der Waals surface area contributed by atoms with Crippen molar-refractivity contribution in [2.24, 2.45) is 5.41 Å². The van der Waals surface area contributed by atoms with Crippen molar-refractivity contribution in [3.63, 3.8) is 0 Å². The Bertz CT molecular complexity index is 274. The maximum Gasteiger partial charge on any atom is 0.228 e. The van der Waals surface area contributed by atoms with Gasteiger partial charge in [-0.3, -0.25) is 4.79 Å². The van der Waals surface area contributed by atoms with E-state index in [0.717, 1.165) is 25.8 Å². The fourth-order valence-corrected chi connectivity index (χ4v) is 2.69. The smallest absolute Gasteiger partial charge is 0.228 e. The molecule has 0 atom stereocenters. The van der Waals surface area contributed by atoms with E-state index in [1.807, 2.05) is 11.8 Å². The Morgan fingerprint density at radius 2 is 2.00 bits per heavy atom. The molecule has 3 heteroatoms. The Hall–Kier alpha value is -1.04. The number of rotatable bonds is 5. The lowest BCUT2D eigenvalue weighted by Crippen LogP contribution is -2.42. The number of hydrogen-bond acceptors (Lipinski definition) is 2. The van der Waals surface area contributed by atoms with Crippen molar-refractivity contribution in [2.45, 2.75) is 52.4 Å². The van der Waals surface area contributed by atoms with Crippen molar-refractivity contribution in [1.29, 1.82) is 5.26 Å². The van der Waals surface area contributed by atoms with Gasteiger partial charge in [-0.25, -0.2) is 0 Å². The monoisotopic (exact) mass is 222 g/mol. The third kappa shape index (κ3) is 2.55. The molecular formula is C13H22N2O. The lowest BCUT2D eigenvalue weighted by Gasteiger charge is -2.32. The van der Waals surface area contributed by atoms with Crippen molar-refractivity contribution in [3.8, 4) is 6.07 Å². The van der Waals surface area contributed by atoms with E-state index in [9.17, 15) is 4.79 Å². The zero-order valence-electron chi connectivity index (χ0n) is 10.5. The molecule has 0 aromatic heterocycles. The Kier molecular flexibility index (Phi) is 4.79. The summed E-state index contributed by atoms with van der Waals surface area (Å²) in [6.07, 6.45) is 5.80. The molecule has 3 nitrogen and oxygen atoms in total. The number of amides is 1. The van der Waals surface area contributed by atoms with E-state index >= 15 is 0 Å². The maximum atomic E-state index is 12.5. The average Bonchev–Trinajstić information content (AvgIpc) is 2.79. The molecule has 0 aromatic carbocycles. The van der Waals surface area contributed by atoms with Crippen LogP contribution in [0, 0.1) is 16.7 Å². The molecule has 0 bridgehead atoms. The van der Waals surface area contributed by atoms with Gasteiger partial charge in [-0.15, -0.1) is 0 Å². The Balaban J connectivity index is 2.69.